The second-order valence-corrected chi connectivity index (χ2v) is 9.63. The van der Waals surface area contributed by atoms with E-state index in [1.54, 1.807) is 29.8 Å². The molecule has 29 heavy (non-hydrogen) atoms. The Bertz CT molecular complexity index is 1050. The summed E-state index contributed by atoms with van der Waals surface area (Å²) in [6, 6.07) is 7.05. The molecular weight excluding hydrogens is 380 g/mol. The van der Waals surface area contributed by atoms with Crippen LogP contribution in [0.4, 0.5) is 5.82 Å². The van der Waals surface area contributed by atoms with Crippen LogP contribution in [-0.4, -0.2) is 20.8 Å². The summed E-state index contributed by atoms with van der Waals surface area (Å²) in [6.07, 6.45) is 6.26. The first kappa shape index (κ1) is 19.8. The average molecular weight is 409 g/mol. The Kier molecular flexibility index (Phi) is 5.30. The Morgan fingerprint density at radius 1 is 1.28 bits per heavy atom. The second-order valence-electron chi connectivity index (χ2n) is 8.54. The number of rotatable bonds is 5. The Morgan fingerprint density at radius 3 is 2.76 bits per heavy atom. The van der Waals surface area contributed by atoms with E-state index in [1.165, 1.54) is 23.3 Å². The molecule has 2 aromatic heterocycles. The van der Waals surface area contributed by atoms with E-state index in [9.17, 15) is 5.11 Å². The van der Waals surface area contributed by atoms with E-state index in [0.717, 1.165) is 40.2 Å². The number of aromatic nitrogens is 2. The predicted molar refractivity (Wildman–Crippen MR) is 121 cm³/mol. The van der Waals surface area contributed by atoms with Gasteiger partial charge in [0, 0.05) is 4.88 Å². The minimum atomic E-state index is 0.251. The number of hydrogen-bond acceptors (Lipinski definition) is 6. The normalized spacial score (nSPS) is 17.4. The lowest BCUT2D eigenvalue weighted by atomic mass is 9.69. The van der Waals surface area contributed by atoms with Gasteiger partial charge >= 0.3 is 0 Å². The van der Waals surface area contributed by atoms with Gasteiger partial charge in [0.15, 0.2) is 5.82 Å². The zero-order valence-corrected chi connectivity index (χ0v) is 18.3. The molecule has 5 nitrogen and oxygen atoms in total. The smallest absolute Gasteiger partial charge is 0.158 e. The minimum absolute atomic E-state index is 0.251. The highest BCUT2D eigenvalue weighted by Crippen LogP contribution is 2.45. The van der Waals surface area contributed by atoms with Crippen molar-refractivity contribution in [2.24, 2.45) is 16.4 Å². The third-order valence-electron chi connectivity index (χ3n) is 6.47. The molecule has 0 saturated heterocycles. The standard InChI is InChI=1S/C23H28N4OS/c1-5-23(3,4)16-8-11-19-18(12-16)20-21(24-13-25-22(20)29-19)27-26-14(2)15-6-9-17(28)10-7-15/h6-7,9-10,13,16,28H,5,8,11-12H2,1-4H3,(H,24,25,27)/b26-14+. The molecule has 0 spiro atoms. The molecule has 0 saturated carbocycles. The molecule has 2 N–H and O–H groups in total. The molecule has 1 aliphatic rings. The molecule has 2 heterocycles. The lowest BCUT2D eigenvalue weighted by Gasteiger charge is -2.36. The fourth-order valence-electron chi connectivity index (χ4n) is 4.05. The molecule has 0 aliphatic heterocycles. The van der Waals surface area contributed by atoms with Crippen molar-refractivity contribution < 1.29 is 5.11 Å². The molecular formula is C23H28N4OS. The van der Waals surface area contributed by atoms with Crippen molar-refractivity contribution in [3.63, 3.8) is 0 Å². The van der Waals surface area contributed by atoms with Gasteiger partial charge in [0.2, 0.25) is 0 Å². The number of thiophene rings is 1. The largest absolute Gasteiger partial charge is 0.508 e. The Hall–Kier alpha value is -2.47. The zero-order chi connectivity index (χ0) is 20.6. The maximum absolute atomic E-state index is 9.48. The third kappa shape index (κ3) is 3.86. The van der Waals surface area contributed by atoms with E-state index in [1.807, 2.05) is 19.1 Å². The third-order valence-corrected chi connectivity index (χ3v) is 7.67. The second kappa shape index (κ2) is 7.75. The van der Waals surface area contributed by atoms with Gasteiger partial charge in [0.25, 0.3) is 0 Å². The van der Waals surface area contributed by atoms with Gasteiger partial charge in [-0.2, -0.15) is 5.10 Å². The molecule has 1 atom stereocenters. The van der Waals surface area contributed by atoms with Gasteiger partial charge in [-0.15, -0.1) is 11.3 Å². The van der Waals surface area contributed by atoms with Crippen LogP contribution in [0.2, 0.25) is 0 Å². The number of nitrogens with zero attached hydrogens (tertiary/aromatic N) is 3. The van der Waals surface area contributed by atoms with Crippen molar-refractivity contribution in [1.29, 1.82) is 0 Å². The molecule has 1 aromatic carbocycles. The number of phenolic OH excluding ortho intramolecular Hbond substituents is 1. The summed E-state index contributed by atoms with van der Waals surface area (Å²) in [5.74, 6) is 1.70. The maximum Gasteiger partial charge on any atom is 0.158 e. The van der Waals surface area contributed by atoms with E-state index >= 15 is 0 Å². The lowest BCUT2D eigenvalue weighted by molar-refractivity contribution is 0.184. The molecule has 0 amide bonds. The van der Waals surface area contributed by atoms with Crippen LogP contribution >= 0.6 is 11.3 Å². The zero-order valence-electron chi connectivity index (χ0n) is 17.5. The highest BCUT2D eigenvalue weighted by molar-refractivity contribution is 7.19. The maximum atomic E-state index is 9.48. The van der Waals surface area contributed by atoms with Crippen molar-refractivity contribution in [2.75, 3.05) is 5.43 Å². The van der Waals surface area contributed by atoms with Crippen LogP contribution in [0.5, 0.6) is 5.75 Å². The monoisotopic (exact) mass is 408 g/mol. The number of benzene rings is 1. The van der Waals surface area contributed by atoms with Crippen LogP contribution in [0, 0.1) is 11.3 Å². The average Bonchev–Trinajstić information content (AvgIpc) is 3.11. The summed E-state index contributed by atoms with van der Waals surface area (Å²) >= 11 is 1.80. The Morgan fingerprint density at radius 2 is 2.03 bits per heavy atom. The van der Waals surface area contributed by atoms with Crippen LogP contribution in [-0.2, 0) is 12.8 Å². The SMILES string of the molecule is CCC(C)(C)C1CCc2sc3ncnc(N/N=C(\C)c4ccc(O)cc4)c3c2C1. The summed E-state index contributed by atoms with van der Waals surface area (Å²) < 4.78 is 0. The van der Waals surface area contributed by atoms with Gasteiger partial charge in [-0.25, -0.2) is 9.97 Å². The molecule has 0 fully saturated rings. The topological polar surface area (TPSA) is 70.4 Å². The summed E-state index contributed by atoms with van der Waals surface area (Å²) in [6.45, 7) is 9.01. The number of hydrazone groups is 1. The number of fused-ring (bicyclic) bond motifs is 3. The van der Waals surface area contributed by atoms with Crippen molar-refractivity contribution in [3.8, 4) is 5.75 Å². The van der Waals surface area contributed by atoms with Gasteiger partial charge in [0.05, 0.1) is 11.1 Å². The first-order chi connectivity index (χ1) is 13.9. The van der Waals surface area contributed by atoms with Crippen LogP contribution < -0.4 is 5.43 Å². The number of phenols is 1. The quantitative estimate of drug-likeness (QED) is 0.415. The molecule has 3 aromatic rings. The van der Waals surface area contributed by atoms with Crippen molar-refractivity contribution in [3.05, 3.63) is 46.6 Å². The molecule has 4 rings (SSSR count). The summed E-state index contributed by atoms with van der Waals surface area (Å²) in [5.41, 5.74) is 6.72. The van der Waals surface area contributed by atoms with Crippen LogP contribution in [0.25, 0.3) is 10.2 Å². The van der Waals surface area contributed by atoms with E-state index in [2.05, 4.69) is 41.3 Å². The van der Waals surface area contributed by atoms with Gasteiger partial charge in [0.1, 0.15) is 16.9 Å². The summed E-state index contributed by atoms with van der Waals surface area (Å²) in [4.78, 5) is 11.5. The molecule has 1 aliphatic carbocycles. The fraction of sp³-hybridized carbons (Fsp3) is 0.435. The van der Waals surface area contributed by atoms with Crippen LogP contribution in [0.1, 0.15) is 56.5 Å². The van der Waals surface area contributed by atoms with Gasteiger partial charge in [-0.1, -0.05) is 27.2 Å². The van der Waals surface area contributed by atoms with Crippen LogP contribution in [0.15, 0.2) is 35.7 Å². The highest BCUT2D eigenvalue weighted by atomic mass is 32.1. The molecule has 0 bridgehead atoms. The van der Waals surface area contributed by atoms with Crippen molar-refractivity contribution >= 4 is 33.1 Å². The number of nitrogens with one attached hydrogen (secondary N) is 1. The molecule has 0 radical (unpaired) electrons. The van der Waals surface area contributed by atoms with Gasteiger partial charge in [-0.3, -0.25) is 5.43 Å². The molecule has 152 valence electrons. The van der Waals surface area contributed by atoms with Crippen LogP contribution in [0.3, 0.4) is 0 Å². The molecule has 1 unspecified atom stereocenters. The number of aryl methyl sites for hydroxylation is 1. The van der Waals surface area contributed by atoms with E-state index in [0.29, 0.717) is 11.3 Å². The predicted octanol–water partition coefficient (Wildman–Crippen LogP) is 5.77. The minimum Gasteiger partial charge on any atom is -0.508 e. The van der Waals surface area contributed by atoms with Crippen molar-refractivity contribution in [2.45, 2.75) is 53.4 Å². The Balaban J connectivity index is 1.67. The first-order valence-corrected chi connectivity index (χ1v) is 11.1. The van der Waals surface area contributed by atoms with Gasteiger partial charge in [-0.05, 0) is 72.9 Å². The fourth-order valence-corrected chi connectivity index (χ4v) is 5.24. The molecule has 6 heteroatoms. The van der Waals surface area contributed by atoms with E-state index in [4.69, 9.17) is 0 Å². The lowest BCUT2D eigenvalue weighted by Crippen LogP contribution is -2.28. The van der Waals surface area contributed by atoms with E-state index < -0.39 is 0 Å². The number of aromatic hydroxyl groups is 1. The summed E-state index contributed by atoms with van der Waals surface area (Å²) in [5, 5.41) is 15.2. The first-order valence-electron chi connectivity index (χ1n) is 10.2. The van der Waals surface area contributed by atoms with Gasteiger partial charge < -0.3 is 5.11 Å². The summed E-state index contributed by atoms with van der Waals surface area (Å²) in [7, 11) is 0. The number of hydrogen-bond donors (Lipinski definition) is 2. The Labute approximate surface area is 175 Å². The van der Waals surface area contributed by atoms with E-state index in [-0.39, 0.29) is 5.75 Å². The number of anilines is 1. The highest BCUT2D eigenvalue weighted by Gasteiger charge is 2.33. The van der Waals surface area contributed by atoms with Crippen molar-refractivity contribution in [1.82, 2.24) is 9.97 Å².